The van der Waals surface area contributed by atoms with Crippen LogP contribution in [-0.4, -0.2) is 60.9 Å². The molecule has 2 amide bonds. The van der Waals surface area contributed by atoms with Crippen molar-refractivity contribution >= 4 is 27.7 Å². The summed E-state index contributed by atoms with van der Waals surface area (Å²) >= 11 is 3.33. The van der Waals surface area contributed by atoms with Gasteiger partial charge in [-0.3, -0.25) is 9.59 Å². The van der Waals surface area contributed by atoms with Crippen LogP contribution in [0, 0.1) is 0 Å². The van der Waals surface area contributed by atoms with Crippen molar-refractivity contribution in [3.63, 3.8) is 0 Å². The first-order valence-corrected chi connectivity index (χ1v) is 7.94. The lowest BCUT2D eigenvalue weighted by Crippen LogP contribution is -2.51. The standard InChI is InChI=1S/C15H20BrN3O2/c1-2-18-7-9-19(10-8-18)14(20)11-17-15(21)12-5-3-4-6-13(12)16/h3-6H,2,7-11H2,1H3,(H,17,21). The van der Waals surface area contributed by atoms with Gasteiger partial charge in [-0.15, -0.1) is 0 Å². The van der Waals surface area contributed by atoms with Crippen molar-refractivity contribution in [2.24, 2.45) is 0 Å². The first kappa shape index (κ1) is 16.0. The Morgan fingerprint density at radius 1 is 1.19 bits per heavy atom. The second-order valence-corrected chi connectivity index (χ2v) is 5.83. The molecule has 1 aliphatic rings. The van der Waals surface area contributed by atoms with E-state index in [0.29, 0.717) is 5.56 Å². The number of amides is 2. The molecule has 1 aromatic rings. The zero-order chi connectivity index (χ0) is 15.2. The fourth-order valence-electron chi connectivity index (χ4n) is 2.32. The Morgan fingerprint density at radius 2 is 1.86 bits per heavy atom. The van der Waals surface area contributed by atoms with Gasteiger partial charge in [-0.2, -0.15) is 0 Å². The van der Waals surface area contributed by atoms with Crippen LogP contribution in [0.3, 0.4) is 0 Å². The van der Waals surface area contributed by atoms with Gasteiger partial charge in [0.2, 0.25) is 5.91 Å². The number of hydrogen-bond acceptors (Lipinski definition) is 3. The highest BCUT2D eigenvalue weighted by Crippen LogP contribution is 2.15. The molecule has 0 unspecified atom stereocenters. The Bertz CT molecular complexity index is 513. The molecule has 0 atom stereocenters. The van der Waals surface area contributed by atoms with Gasteiger partial charge in [0.05, 0.1) is 12.1 Å². The van der Waals surface area contributed by atoms with Crippen molar-refractivity contribution in [3.8, 4) is 0 Å². The number of likely N-dealkylation sites (N-methyl/N-ethyl adjacent to an activating group) is 1. The molecule has 1 heterocycles. The highest BCUT2D eigenvalue weighted by molar-refractivity contribution is 9.10. The third-order valence-corrected chi connectivity index (χ3v) is 4.38. The van der Waals surface area contributed by atoms with Gasteiger partial charge in [0.15, 0.2) is 0 Å². The van der Waals surface area contributed by atoms with Crippen LogP contribution in [0.5, 0.6) is 0 Å². The van der Waals surface area contributed by atoms with Crippen LogP contribution in [0.25, 0.3) is 0 Å². The monoisotopic (exact) mass is 353 g/mol. The maximum atomic E-state index is 12.1. The van der Waals surface area contributed by atoms with Gasteiger partial charge in [-0.1, -0.05) is 19.1 Å². The van der Waals surface area contributed by atoms with E-state index in [0.717, 1.165) is 37.2 Å². The number of nitrogens with zero attached hydrogens (tertiary/aromatic N) is 2. The van der Waals surface area contributed by atoms with Crippen LogP contribution >= 0.6 is 15.9 Å². The normalized spacial score (nSPS) is 15.8. The van der Waals surface area contributed by atoms with Gasteiger partial charge >= 0.3 is 0 Å². The Morgan fingerprint density at radius 3 is 2.48 bits per heavy atom. The summed E-state index contributed by atoms with van der Waals surface area (Å²) in [5.74, 6) is -0.255. The van der Waals surface area contributed by atoms with E-state index in [1.807, 2.05) is 11.0 Å². The highest BCUT2D eigenvalue weighted by atomic mass is 79.9. The van der Waals surface area contributed by atoms with Crippen LogP contribution in [0.4, 0.5) is 0 Å². The van der Waals surface area contributed by atoms with Gasteiger partial charge in [0.1, 0.15) is 0 Å². The molecule has 0 saturated carbocycles. The molecule has 1 N–H and O–H groups in total. The molecule has 1 aromatic carbocycles. The second kappa shape index (κ2) is 7.56. The van der Waals surface area contributed by atoms with E-state index in [2.05, 4.69) is 33.1 Å². The molecule has 21 heavy (non-hydrogen) atoms. The third-order valence-electron chi connectivity index (χ3n) is 3.69. The van der Waals surface area contributed by atoms with E-state index >= 15 is 0 Å². The van der Waals surface area contributed by atoms with E-state index in [-0.39, 0.29) is 18.4 Å². The number of benzene rings is 1. The van der Waals surface area contributed by atoms with Gasteiger partial charge in [-0.25, -0.2) is 0 Å². The Labute approximate surface area is 133 Å². The quantitative estimate of drug-likeness (QED) is 0.888. The number of nitrogens with one attached hydrogen (secondary N) is 1. The molecule has 6 heteroatoms. The lowest BCUT2D eigenvalue weighted by molar-refractivity contribution is -0.131. The molecule has 1 saturated heterocycles. The summed E-state index contributed by atoms with van der Waals surface area (Å²) in [5.41, 5.74) is 0.543. The molecule has 114 valence electrons. The minimum atomic E-state index is -0.233. The minimum Gasteiger partial charge on any atom is -0.343 e. The predicted molar refractivity (Wildman–Crippen MR) is 85.2 cm³/mol. The zero-order valence-electron chi connectivity index (χ0n) is 12.1. The molecule has 0 aromatic heterocycles. The fraction of sp³-hybridized carbons (Fsp3) is 0.467. The van der Waals surface area contributed by atoms with Crippen LogP contribution in [0.15, 0.2) is 28.7 Å². The summed E-state index contributed by atoms with van der Waals surface area (Å²) in [6, 6.07) is 7.18. The van der Waals surface area contributed by atoms with Crippen LogP contribution in [0.2, 0.25) is 0 Å². The summed E-state index contributed by atoms with van der Waals surface area (Å²) in [4.78, 5) is 28.2. The van der Waals surface area contributed by atoms with Crippen LogP contribution in [0.1, 0.15) is 17.3 Å². The van der Waals surface area contributed by atoms with Gasteiger partial charge in [0.25, 0.3) is 5.91 Å². The summed E-state index contributed by atoms with van der Waals surface area (Å²) in [6.45, 7) is 6.46. The van der Waals surface area contributed by atoms with Crippen molar-refractivity contribution in [3.05, 3.63) is 34.3 Å². The number of halogens is 1. The molecule has 2 rings (SSSR count). The van der Waals surface area contributed by atoms with Gasteiger partial charge < -0.3 is 15.1 Å². The van der Waals surface area contributed by atoms with Crippen molar-refractivity contribution in [2.75, 3.05) is 39.3 Å². The molecule has 1 fully saturated rings. The average molecular weight is 354 g/mol. The topological polar surface area (TPSA) is 52.6 Å². The van der Waals surface area contributed by atoms with Crippen molar-refractivity contribution in [2.45, 2.75) is 6.92 Å². The van der Waals surface area contributed by atoms with E-state index in [1.165, 1.54) is 0 Å². The van der Waals surface area contributed by atoms with Crippen LogP contribution in [-0.2, 0) is 4.79 Å². The van der Waals surface area contributed by atoms with E-state index in [9.17, 15) is 9.59 Å². The summed E-state index contributed by atoms with van der Waals surface area (Å²) in [6.07, 6.45) is 0. The Kier molecular flexibility index (Phi) is 5.76. The summed E-state index contributed by atoms with van der Waals surface area (Å²) in [7, 11) is 0. The van der Waals surface area contributed by atoms with E-state index < -0.39 is 0 Å². The maximum Gasteiger partial charge on any atom is 0.252 e. The minimum absolute atomic E-state index is 0.0221. The number of carbonyl (C=O) groups excluding carboxylic acids is 2. The molecule has 0 bridgehead atoms. The fourth-order valence-corrected chi connectivity index (χ4v) is 2.79. The van der Waals surface area contributed by atoms with E-state index in [4.69, 9.17) is 0 Å². The lowest BCUT2D eigenvalue weighted by Gasteiger charge is -2.34. The van der Waals surface area contributed by atoms with Crippen molar-refractivity contribution in [1.29, 1.82) is 0 Å². The first-order chi connectivity index (χ1) is 10.1. The molecule has 0 aliphatic carbocycles. The van der Waals surface area contributed by atoms with Crippen molar-refractivity contribution < 1.29 is 9.59 Å². The number of hydrogen-bond donors (Lipinski definition) is 1. The second-order valence-electron chi connectivity index (χ2n) is 4.98. The molecule has 0 radical (unpaired) electrons. The molecular weight excluding hydrogens is 334 g/mol. The largest absolute Gasteiger partial charge is 0.343 e. The first-order valence-electron chi connectivity index (χ1n) is 7.14. The lowest BCUT2D eigenvalue weighted by atomic mass is 10.2. The summed E-state index contributed by atoms with van der Waals surface area (Å²) < 4.78 is 0.728. The Balaban J connectivity index is 1.82. The van der Waals surface area contributed by atoms with Crippen molar-refractivity contribution in [1.82, 2.24) is 15.1 Å². The number of rotatable bonds is 4. The van der Waals surface area contributed by atoms with Gasteiger partial charge in [-0.05, 0) is 34.6 Å². The molecular formula is C15H20BrN3O2. The Hall–Kier alpha value is -1.40. The predicted octanol–water partition coefficient (Wildman–Crippen LogP) is 1.34. The molecule has 1 aliphatic heterocycles. The molecule has 0 spiro atoms. The molecule has 5 nitrogen and oxygen atoms in total. The smallest absolute Gasteiger partial charge is 0.252 e. The summed E-state index contributed by atoms with van der Waals surface area (Å²) in [5, 5.41) is 2.69. The van der Waals surface area contributed by atoms with Gasteiger partial charge in [0, 0.05) is 30.7 Å². The maximum absolute atomic E-state index is 12.1. The highest BCUT2D eigenvalue weighted by Gasteiger charge is 2.20. The number of piperazine rings is 1. The number of carbonyl (C=O) groups is 2. The van der Waals surface area contributed by atoms with Crippen LogP contribution < -0.4 is 5.32 Å². The zero-order valence-corrected chi connectivity index (χ0v) is 13.7. The SMILES string of the molecule is CCN1CCN(C(=O)CNC(=O)c2ccccc2Br)CC1. The average Bonchev–Trinajstić information content (AvgIpc) is 2.52. The third kappa shape index (κ3) is 4.28. The van der Waals surface area contributed by atoms with E-state index in [1.54, 1.807) is 18.2 Å².